The first-order valence-electron chi connectivity index (χ1n) is 7.05. The zero-order valence-electron chi connectivity index (χ0n) is 12.3. The molecule has 1 atom stereocenters. The monoisotopic (exact) mass is 278 g/mol. The van der Waals surface area contributed by atoms with Crippen molar-refractivity contribution in [2.24, 2.45) is 0 Å². The van der Waals surface area contributed by atoms with Crippen LogP contribution in [0.1, 0.15) is 50.4 Å². The van der Waals surface area contributed by atoms with Gasteiger partial charge >= 0.3 is 0 Å². The second-order valence-corrected chi connectivity index (χ2v) is 4.92. The Morgan fingerprint density at radius 2 is 2.10 bits per heavy atom. The van der Waals surface area contributed by atoms with Gasteiger partial charge in [-0.2, -0.15) is 0 Å². The van der Waals surface area contributed by atoms with E-state index in [9.17, 15) is 14.9 Å². The third-order valence-electron chi connectivity index (χ3n) is 3.53. The fourth-order valence-electron chi connectivity index (χ4n) is 2.14. The van der Waals surface area contributed by atoms with Gasteiger partial charge in [0.25, 0.3) is 5.69 Å². The number of rotatable bonds is 8. The highest BCUT2D eigenvalue weighted by atomic mass is 16.6. The van der Waals surface area contributed by atoms with E-state index in [1.54, 1.807) is 6.07 Å². The molecule has 0 aliphatic rings. The van der Waals surface area contributed by atoms with Gasteiger partial charge in [0.05, 0.1) is 4.92 Å². The Kier molecular flexibility index (Phi) is 6.15. The summed E-state index contributed by atoms with van der Waals surface area (Å²) in [6, 6.07) is 4.79. The van der Waals surface area contributed by atoms with Crippen LogP contribution < -0.4 is 4.90 Å². The minimum Gasteiger partial charge on any atom is -0.368 e. The molecular weight excluding hydrogens is 256 g/mol. The van der Waals surface area contributed by atoms with Gasteiger partial charge in [-0.05, 0) is 25.8 Å². The van der Waals surface area contributed by atoms with Crippen LogP contribution in [0, 0.1) is 10.1 Å². The first-order valence-corrected chi connectivity index (χ1v) is 7.05. The topological polar surface area (TPSA) is 63.4 Å². The Balaban J connectivity index is 3.17. The number of carbonyl (C=O) groups excluding carboxylic acids is 1. The second-order valence-electron chi connectivity index (χ2n) is 4.92. The molecule has 0 heterocycles. The first-order chi connectivity index (χ1) is 9.54. The molecule has 0 saturated carbocycles. The third-order valence-corrected chi connectivity index (χ3v) is 3.53. The van der Waals surface area contributed by atoms with Crippen LogP contribution in [0.5, 0.6) is 0 Å². The number of unbranched alkanes of at least 4 members (excludes halogenated alkanes) is 1. The van der Waals surface area contributed by atoms with Crippen molar-refractivity contribution >= 4 is 17.7 Å². The fourth-order valence-corrected chi connectivity index (χ4v) is 2.14. The Morgan fingerprint density at radius 3 is 2.60 bits per heavy atom. The summed E-state index contributed by atoms with van der Waals surface area (Å²) in [6.45, 7) is 7.16. The van der Waals surface area contributed by atoms with E-state index < -0.39 is 4.92 Å². The first kappa shape index (κ1) is 16.1. The van der Waals surface area contributed by atoms with Crippen molar-refractivity contribution < 1.29 is 9.72 Å². The molecule has 5 nitrogen and oxygen atoms in total. The van der Waals surface area contributed by atoms with Gasteiger partial charge in [0, 0.05) is 36.0 Å². The van der Waals surface area contributed by atoms with Crippen LogP contribution in [0.15, 0.2) is 18.2 Å². The molecule has 0 amide bonds. The lowest BCUT2D eigenvalue weighted by Crippen LogP contribution is -2.34. The van der Waals surface area contributed by atoms with Crippen LogP contribution in [0.4, 0.5) is 11.4 Å². The van der Waals surface area contributed by atoms with Crippen molar-refractivity contribution in [3.8, 4) is 0 Å². The van der Waals surface area contributed by atoms with Gasteiger partial charge < -0.3 is 4.90 Å². The molecule has 0 aliphatic carbocycles. The molecule has 0 N–H and O–H groups in total. The van der Waals surface area contributed by atoms with Crippen molar-refractivity contribution in [3.63, 3.8) is 0 Å². The van der Waals surface area contributed by atoms with Crippen LogP contribution >= 0.6 is 0 Å². The molecule has 1 unspecified atom stereocenters. The quantitative estimate of drug-likeness (QED) is 0.412. The molecule has 0 aromatic heterocycles. The summed E-state index contributed by atoms with van der Waals surface area (Å²) >= 11 is 0. The van der Waals surface area contributed by atoms with Crippen molar-refractivity contribution in [1.82, 2.24) is 0 Å². The Morgan fingerprint density at radius 1 is 1.40 bits per heavy atom. The number of anilines is 1. The van der Waals surface area contributed by atoms with Gasteiger partial charge in [0.1, 0.15) is 0 Å². The third kappa shape index (κ3) is 3.79. The van der Waals surface area contributed by atoms with Crippen molar-refractivity contribution in [2.75, 3.05) is 11.4 Å². The number of benzene rings is 1. The van der Waals surface area contributed by atoms with E-state index in [2.05, 4.69) is 25.7 Å². The summed E-state index contributed by atoms with van der Waals surface area (Å²) in [6.07, 6.45) is 3.75. The van der Waals surface area contributed by atoms with Crippen LogP contribution in [-0.2, 0) is 0 Å². The van der Waals surface area contributed by atoms with E-state index in [4.69, 9.17) is 0 Å². The predicted molar refractivity (Wildman–Crippen MR) is 80.5 cm³/mol. The summed E-state index contributed by atoms with van der Waals surface area (Å²) in [5.41, 5.74) is 1.12. The lowest BCUT2D eigenvalue weighted by atomic mass is 10.1. The number of hydrogen-bond donors (Lipinski definition) is 0. The smallest absolute Gasteiger partial charge is 0.270 e. The summed E-state index contributed by atoms with van der Waals surface area (Å²) in [5, 5.41) is 10.8. The molecule has 1 aromatic rings. The van der Waals surface area contributed by atoms with Gasteiger partial charge in [-0.1, -0.05) is 20.3 Å². The highest BCUT2D eigenvalue weighted by Gasteiger charge is 2.18. The molecule has 0 saturated heterocycles. The standard InChI is InChI=1S/C15H22N2O3/c1-4-6-9-16(12(3)5-2)15-8-7-14(17(19)20)10-13(15)11-18/h7-8,10-12H,4-6,9H2,1-3H3. The maximum atomic E-state index is 11.2. The lowest BCUT2D eigenvalue weighted by molar-refractivity contribution is -0.384. The molecule has 0 aliphatic heterocycles. The average Bonchev–Trinajstić information content (AvgIpc) is 2.47. The van der Waals surface area contributed by atoms with Crippen LogP contribution in [0.3, 0.4) is 0 Å². The minimum absolute atomic E-state index is 0.0459. The van der Waals surface area contributed by atoms with Crippen LogP contribution in [-0.4, -0.2) is 23.8 Å². The highest BCUT2D eigenvalue weighted by molar-refractivity contribution is 5.86. The summed E-state index contributed by atoms with van der Waals surface area (Å²) in [5.74, 6) is 0. The molecule has 0 bridgehead atoms. The van der Waals surface area contributed by atoms with Gasteiger partial charge in [-0.3, -0.25) is 14.9 Å². The van der Waals surface area contributed by atoms with E-state index in [0.29, 0.717) is 17.9 Å². The van der Waals surface area contributed by atoms with E-state index in [0.717, 1.165) is 31.5 Å². The summed E-state index contributed by atoms with van der Waals surface area (Å²) < 4.78 is 0. The number of aldehydes is 1. The van der Waals surface area contributed by atoms with E-state index in [1.807, 2.05) is 0 Å². The Labute approximate surface area is 119 Å². The number of nitro groups is 1. The number of hydrogen-bond acceptors (Lipinski definition) is 4. The minimum atomic E-state index is -0.476. The molecular formula is C15H22N2O3. The van der Waals surface area contributed by atoms with E-state index in [1.165, 1.54) is 12.1 Å². The van der Waals surface area contributed by atoms with Gasteiger partial charge in [-0.15, -0.1) is 0 Å². The summed E-state index contributed by atoms with van der Waals surface area (Å²) in [7, 11) is 0. The maximum absolute atomic E-state index is 11.2. The fraction of sp³-hybridized carbons (Fsp3) is 0.533. The van der Waals surface area contributed by atoms with Gasteiger partial charge in [-0.25, -0.2) is 0 Å². The lowest BCUT2D eigenvalue weighted by Gasteiger charge is -2.31. The largest absolute Gasteiger partial charge is 0.368 e. The Bertz CT molecular complexity index is 474. The van der Waals surface area contributed by atoms with Crippen LogP contribution in [0.2, 0.25) is 0 Å². The zero-order chi connectivity index (χ0) is 15.1. The molecule has 0 spiro atoms. The van der Waals surface area contributed by atoms with E-state index >= 15 is 0 Å². The molecule has 110 valence electrons. The molecule has 1 aromatic carbocycles. The van der Waals surface area contributed by atoms with Crippen molar-refractivity contribution in [3.05, 3.63) is 33.9 Å². The van der Waals surface area contributed by atoms with Crippen molar-refractivity contribution in [2.45, 2.75) is 46.1 Å². The zero-order valence-corrected chi connectivity index (χ0v) is 12.3. The average molecular weight is 278 g/mol. The normalized spacial score (nSPS) is 11.9. The molecule has 1 rings (SSSR count). The second kappa shape index (κ2) is 7.62. The van der Waals surface area contributed by atoms with Gasteiger partial charge in [0.2, 0.25) is 0 Å². The van der Waals surface area contributed by atoms with Gasteiger partial charge in [0.15, 0.2) is 6.29 Å². The van der Waals surface area contributed by atoms with Crippen molar-refractivity contribution in [1.29, 1.82) is 0 Å². The number of nitrogens with zero attached hydrogens (tertiary/aromatic N) is 2. The number of nitro benzene ring substituents is 1. The molecule has 5 heteroatoms. The Hall–Kier alpha value is -1.91. The molecule has 20 heavy (non-hydrogen) atoms. The number of carbonyl (C=O) groups is 1. The maximum Gasteiger partial charge on any atom is 0.270 e. The SMILES string of the molecule is CCCCN(c1ccc([N+](=O)[O-])cc1C=O)C(C)CC. The number of non-ortho nitro benzene ring substituents is 1. The van der Waals surface area contributed by atoms with Crippen LogP contribution in [0.25, 0.3) is 0 Å². The summed E-state index contributed by atoms with van der Waals surface area (Å²) in [4.78, 5) is 23.7. The van der Waals surface area contributed by atoms with E-state index in [-0.39, 0.29) is 5.69 Å². The highest BCUT2D eigenvalue weighted by Crippen LogP contribution is 2.27. The molecule has 0 radical (unpaired) electrons. The molecule has 0 fully saturated rings. The predicted octanol–water partition coefficient (Wildman–Crippen LogP) is 3.81.